The van der Waals surface area contributed by atoms with Crippen LogP contribution in [-0.2, 0) is 9.53 Å². The first-order valence-corrected chi connectivity index (χ1v) is 10.1. The third-order valence-corrected chi connectivity index (χ3v) is 5.21. The van der Waals surface area contributed by atoms with E-state index < -0.39 is 5.97 Å². The average molecular weight is 430 g/mol. The summed E-state index contributed by atoms with van der Waals surface area (Å²) in [5, 5.41) is 6.26. The van der Waals surface area contributed by atoms with Crippen LogP contribution < -0.4 is 10.6 Å². The summed E-state index contributed by atoms with van der Waals surface area (Å²) in [6, 6.07) is 9.92. The van der Waals surface area contributed by atoms with Crippen LogP contribution >= 0.6 is 11.6 Å². The molecule has 2 N–H and O–H groups in total. The van der Waals surface area contributed by atoms with Gasteiger partial charge >= 0.3 is 5.97 Å². The third kappa shape index (κ3) is 5.10. The topological polar surface area (TPSA) is 87.7 Å². The largest absolute Gasteiger partial charge is 0.465 e. The van der Waals surface area contributed by atoms with Crippen molar-refractivity contribution in [1.29, 1.82) is 0 Å². The first-order valence-electron chi connectivity index (χ1n) is 9.70. The molecule has 2 aromatic rings. The first kappa shape index (κ1) is 21.6. The lowest BCUT2D eigenvalue weighted by Crippen LogP contribution is -2.29. The highest BCUT2D eigenvalue weighted by Gasteiger charge is 2.22. The molecule has 0 radical (unpaired) electrons. The number of hydrogen-bond donors (Lipinski definition) is 2. The smallest absolute Gasteiger partial charge is 0.337 e. The molecule has 8 heteroatoms. The Kier molecular flexibility index (Phi) is 6.95. The Balaban J connectivity index is 1.70. The van der Waals surface area contributed by atoms with Crippen molar-refractivity contribution in [2.45, 2.75) is 19.8 Å². The van der Waals surface area contributed by atoms with E-state index in [1.807, 2.05) is 6.92 Å². The number of nitrogens with zero attached hydrogens (tertiary/aromatic N) is 1. The normalized spacial score (nSPS) is 13.1. The SMILES string of the molecule is COC(=O)c1ccc(C)c(NC(=O)CNc2cc(Cl)ccc2C(=O)N2CCCC2)c1. The maximum Gasteiger partial charge on any atom is 0.337 e. The molecule has 0 aliphatic carbocycles. The van der Waals surface area contributed by atoms with Crippen molar-refractivity contribution < 1.29 is 19.1 Å². The second-order valence-electron chi connectivity index (χ2n) is 7.11. The van der Waals surface area contributed by atoms with Gasteiger partial charge < -0.3 is 20.3 Å². The summed E-state index contributed by atoms with van der Waals surface area (Å²) < 4.78 is 4.72. The van der Waals surface area contributed by atoms with E-state index in [0.717, 1.165) is 31.5 Å². The fourth-order valence-electron chi connectivity index (χ4n) is 3.31. The number of likely N-dealkylation sites (tertiary alicyclic amines) is 1. The molecule has 1 heterocycles. The average Bonchev–Trinajstić information content (AvgIpc) is 3.28. The van der Waals surface area contributed by atoms with Crippen LogP contribution in [0.1, 0.15) is 39.1 Å². The summed E-state index contributed by atoms with van der Waals surface area (Å²) in [7, 11) is 1.30. The minimum Gasteiger partial charge on any atom is -0.465 e. The lowest BCUT2D eigenvalue weighted by molar-refractivity contribution is -0.114. The van der Waals surface area contributed by atoms with Crippen LogP contribution in [0.4, 0.5) is 11.4 Å². The van der Waals surface area contributed by atoms with Gasteiger partial charge in [0.15, 0.2) is 0 Å². The van der Waals surface area contributed by atoms with E-state index in [1.165, 1.54) is 7.11 Å². The number of nitrogens with one attached hydrogen (secondary N) is 2. The van der Waals surface area contributed by atoms with Gasteiger partial charge in [0, 0.05) is 29.5 Å². The van der Waals surface area contributed by atoms with Crippen molar-refractivity contribution in [1.82, 2.24) is 4.90 Å². The van der Waals surface area contributed by atoms with E-state index in [9.17, 15) is 14.4 Å². The van der Waals surface area contributed by atoms with Crippen LogP contribution in [0, 0.1) is 6.92 Å². The van der Waals surface area contributed by atoms with E-state index in [1.54, 1.807) is 41.3 Å². The lowest BCUT2D eigenvalue weighted by Gasteiger charge is -2.18. The number of benzene rings is 2. The minimum absolute atomic E-state index is 0.0670. The highest BCUT2D eigenvalue weighted by atomic mass is 35.5. The van der Waals surface area contributed by atoms with Gasteiger partial charge in [0.2, 0.25) is 5.91 Å². The second-order valence-corrected chi connectivity index (χ2v) is 7.55. The number of esters is 1. The fourth-order valence-corrected chi connectivity index (χ4v) is 3.48. The van der Waals surface area contributed by atoms with Crippen molar-refractivity contribution in [3.8, 4) is 0 Å². The summed E-state index contributed by atoms with van der Waals surface area (Å²) in [6.07, 6.45) is 1.99. The van der Waals surface area contributed by atoms with Crippen molar-refractivity contribution >= 4 is 40.8 Å². The predicted molar refractivity (Wildman–Crippen MR) is 116 cm³/mol. The molecule has 1 saturated heterocycles. The zero-order valence-electron chi connectivity index (χ0n) is 17.0. The number of rotatable bonds is 6. The highest BCUT2D eigenvalue weighted by Crippen LogP contribution is 2.24. The second kappa shape index (κ2) is 9.63. The minimum atomic E-state index is -0.479. The van der Waals surface area contributed by atoms with Crippen LogP contribution in [0.3, 0.4) is 0 Å². The molecule has 158 valence electrons. The van der Waals surface area contributed by atoms with E-state index in [0.29, 0.717) is 27.5 Å². The molecule has 2 amide bonds. The van der Waals surface area contributed by atoms with Crippen molar-refractivity contribution in [2.24, 2.45) is 0 Å². The predicted octanol–water partition coefficient (Wildman–Crippen LogP) is 3.72. The summed E-state index contributed by atoms with van der Waals surface area (Å²) in [6.45, 7) is 3.23. The van der Waals surface area contributed by atoms with Crippen molar-refractivity contribution in [3.63, 3.8) is 0 Å². The number of halogens is 1. The molecule has 0 bridgehead atoms. The number of aryl methyl sites for hydroxylation is 1. The molecule has 0 unspecified atom stereocenters. The summed E-state index contributed by atoms with van der Waals surface area (Å²) >= 11 is 6.10. The third-order valence-electron chi connectivity index (χ3n) is 4.98. The Labute approximate surface area is 180 Å². The van der Waals surface area contributed by atoms with Crippen LogP contribution in [0.15, 0.2) is 36.4 Å². The molecule has 1 aliphatic heterocycles. The molecular weight excluding hydrogens is 406 g/mol. The number of carbonyl (C=O) groups excluding carboxylic acids is 3. The Bertz CT molecular complexity index is 971. The maximum absolute atomic E-state index is 12.8. The Morgan fingerprint density at radius 2 is 1.80 bits per heavy atom. The molecule has 0 spiro atoms. The molecule has 0 saturated carbocycles. The molecule has 3 rings (SSSR count). The number of methoxy groups -OCH3 is 1. The van der Waals surface area contributed by atoms with Crippen LogP contribution in [-0.4, -0.2) is 49.4 Å². The van der Waals surface area contributed by atoms with E-state index in [2.05, 4.69) is 10.6 Å². The number of hydrogen-bond acceptors (Lipinski definition) is 5. The summed E-state index contributed by atoms with van der Waals surface area (Å²) in [5.41, 5.74) is 2.67. The zero-order valence-corrected chi connectivity index (χ0v) is 17.7. The zero-order chi connectivity index (χ0) is 21.7. The van der Waals surface area contributed by atoms with Gasteiger partial charge in [0.25, 0.3) is 5.91 Å². The molecule has 30 heavy (non-hydrogen) atoms. The molecule has 0 atom stereocenters. The monoisotopic (exact) mass is 429 g/mol. The first-order chi connectivity index (χ1) is 14.4. The number of carbonyl (C=O) groups is 3. The van der Waals surface area contributed by atoms with E-state index in [4.69, 9.17) is 16.3 Å². The Morgan fingerprint density at radius 3 is 2.50 bits per heavy atom. The van der Waals surface area contributed by atoms with Gasteiger partial charge in [-0.25, -0.2) is 4.79 Å². The van der Waals surface area contributed by atoms with Gasteiger partial charge in [-0.1, -0.05) is 17.7 Å². The number of ether oxygens (including phenoxy) is 1. The number of amides is 2. The van der Waals surface area contributed by atoms with Crippen LogP contribution in [0.5, 0.6) is 0 Å². The van der Waals surface area contributed by atoms with Gasteiger partial charge in [-0.3, -0.25) is 9.59 Å². The summed E-state index contributed by atoms with van der Waals surface area (Å²) in [5.74, 6) is -0.874. The maximum atomic E-state index is 12.8. The molecule has 2 aromatic carbocycles. The van der Waals surface area contributed by atoms with Crippen LogP contribution in [0.25, 0.3) is 0 Å². The molecule has 1 aliphatic rings. The van der Waals surface area contributed by atoms with Crippen molar-refractivity contribution in [2.75, 3.05) is 37.4 Å². The standard InChI is InChI=1S/C22H24ClN3O4/c1-14-5-6-15(22(29)30-2)11-18(14)25-20(27)13-24-19-12-16(23)7-8-17(19)21(28)26-9-3-4-10-26/h5-8,11-12,24H,3-4,9-10,13H2,1-2H3,(H,25,27). The van der Waals surface area contributed by atoms with Gasteiger partial charge in [0.1, 0.15) is 0 Å². The molecule has 0 aromatic heterocycles. The lowest BCUT2D eigenvalue weighted by atomic mass is 10.1. The highest BCUT2D eigenvalue weighted by molar-refractivity contribution is 6.31. The summed E-state index contributed by atoms with van der Waals surface area (Å²) in [4.78, 5) is 38.8. The van der Waals surface area contributed by atoms with Gasteiger partial charge in [-0.2, -0.15) is 0 Å². The van der Waals surface area contributed by atoms with Gasteiger partial charge in [0.05, 0.1) is 24.8 Å². The molecule has 7 nitrogen and oxygen atoms in total. The van der Waals surface area contributed by atoms with Crippen molar-refractivity contribution in [3.05, 3.63) is 58.1 Å². The Morgan fingerprint density at radius 1 is 1.07 bits per heavy atom. The van der Waals surface area contributed by atoms with Crippen LogP contribution in [0.2, 0.25) is 5.02 Å². The Hall–Kier alpha value is -3.06. The van der Waals surface area contributed by atoms with Gasteiger partial charge in [-0.15, -0.1) is 0 Å². The molecular formula is C22H24ClN3O4. The fraction of sp³-hybridized carbons (Fsp3) is 0.318. The quantitative estimate of drug-likeness (QED) is 0.683. The molecule has 1 fully saturated rings. The number of anilines is 2. The van der Waals surface area contributed by atoms with E-state index in [-0.39, 0.29) is 18.4 Å². The van der Waals surface area contributed by atoms with Gasteiger partial charge in [-0.05, 0) is 55.7 Å². The van der Waals surface area contributed by atoms with E-state index >= 15 is 0 Å².